The van der Waals surface area contributed by atoms with Crippen LogP contribution in [0.3, 0.4) is 0 Å². The van der Waals surface area contributed by atoms with Crippen LogP contribution in [0.25, 0.3) is 0 Å². The van der Waals surface area contributed by atoms with Crippen LogP contribution in [0.2, 0.25) is 0 Å². The van der Waals surface area contributed by atoms with Crippen molar-refractivity contribution in [3.05, 3.63) is 12.3 Å². The van der Waals surface area contributed by atoms with Crippen LogP contribution < -0.4 is 0 Å². The molecule has 0 saturated carbocycles. The van der Waals surface area contributed by atoms with Crippen molar-refractivity contribution in [2.24, 2.45) is 0 Å². The van der Waals surface area contributed by atoms with E-state index < -0.39 is 10.2 Å². The molecule has 0 unspecified atom stereocenters. The third-order valence-electron chi connectivity index (χ3n) is 1.65. The second-order valence-corrected chi connectivity index (χ2v) is 3.98. The second-order valence-electron chi connectivity index (χ2n) is 2.68. The van der Waals surface area contributed by atoms with Crippen LogP contribution in [-0.2, 0) is 16.8 Å². The molecule has 0 spiro atoms. The summed E-state index contributed by atoms with van der Waals surface area (Å²) in [5.74, 6) is 0. The molecule has 0 amide bonds. The molecule has 0 N–H and O–H groups in total. The van der Waals surface area contributed by atoms with Gasteiger partial charge in [0, 0.05) is 6.54 Å². The highest BCUT2D eigenvalue weighted by molar-refractivity contribution is 7.86. The summed E-state index contributed by atoms with van der Waals surface area (Å²) in [4.78, 5) is 0. The highest BCUT2D eigenvalue weighted by atomic mass is 32.3. The summed E-state index contributed by atoms with van der Waals surface area (Å²) < 4.78 is 34.8. The van der Waals surface area contributed by atoms with E-state index in [1.165, 1.54) is 10.9 Å². The minimum atomic E-state index is -4.62. The Hall–Kier alpha value is -0.910. The van der Waals surface area contributed by atoms with Crippen LogP contribution in [0, 0.1) is 0 Å². The van der Waals surface area contributed by atoms with E-state index in [0.717, 1.165) is 18.9 Å². The van der Waals surface area contributed by atoms with Gasteiger partial charge < -0.3 is 0 Å². The van der Waals surface area contributed by atoms with Crippen LogP contribution in [0.4, 0.5) is 3.89 Å². The molecule has 1 aromatic heterocycles. The largest absolute Gasteiger partial charge is 0.349 e. The van der Waals surface area contributed by atoms with E-state index in [-0.39, 0.29) is 5.03 Å². The van der Waals surface area contributed by atoms with Gasteiger partial charge in [-0.3, -0.25) is 4.68 Å². The van der Waals surface area contributed by atoms with Crippen LogP contribution in [0.1, 0.15) is 19.8 Å². The number of hydrogen-bond acceptors (Lipinski definition) is 3. The molecule has 0 aromatic carbocycles. The highest BCUT2D eigenvalue weighted by Gasteiger charge is 2.17. The lowest BCUT2D eigenvalue weighted by Gasteiger charge is -2.01. The fourth-order valence-corrected chi connectivity index (χ4v) is 1.62. The summed E-state index contributed by atoms with van der Waals surface area (Å²) in [5, 5.41) is 3.36. The van der Waals surface area contributed by atoms with Crippen molar-refractivity contribution in [3.8, 4) is 0 Å². The number of halogens is 1. The number of nitrogens with zero attached hydrogens (tertiary/aromatic N) is 2. The van der Waals surface area contributed by atoms with Gasteiger partial charge in [0.1, 0.15) is 0 Å². The molecule has 13 heavy (non-hydrogen) atoms. The Morgan fingerprint density at radius 2 is 2.31 bits per heavy atom. The molecule has 74 valence electrons. The van der Waals surface area contributed by atoms with E-state index in [0.29, 0.717) is 6.54 Å². The fraction of sp³-hybridized carbons (Fsp3) is 0.571. The lowest BCUT2D eigenvalue weighted by Crippen LogP contribution is -2.07. The summed E-state index contributed by atoms with van der Waals surface area (Å²) in [6, 6.07) is 1.16. The van der Waals surface area contributed by atoms with Crippen molar-refractivity contribution < 1.29 is 12.3 Å². The summed E-state index contributed by atoms with van der Waals surface area (Å²) in [7, 11) is -4.62. The third kappa shape index (κ3) is 2.51. The van der Waals surface area contributed by atoms with Gasteiger partial charge in [0.2, 0.25) is 0 Å². The van der Waals surface area contributed by atoms with Crippen molar-refractivity contribution in [3.63, 3.8) is 0 Å². The SMILES string of the molecule is CCCCn1nccc1S(=O)(=O)F. The van der Waals surface area contributed by atoms with Gasteiger partial charge in [0.15, 0.2) is 5.03 Å². The molecule has 0 radical (unpaired) electrons. The van der Waals surface area contributed by atoms with Crippen molar-refractivity contribution in [1.29, 1.82) is 0 Å². The Bertz CT molecular complexity index is 372. The van der Waals surface area contributed by atoms with E-state index in [1.807, 2.05) is 6.92 Å². The van der Waals surface area contributed by atoms with E-state index in [4.69, 9.17) is 0 Å². The smallest absolute Gasteiger partial charge is 0.252 e. The Balaban J connectivity index is 2.90. The van der Waals surface area contributed by atoms with Crippen molar-refractivity contribution in [2.45, 2.75) is 31.3 Å². The Kier molecular flexibility index (Phi) is 3.02. The number of rotatable bonds is 4. The molecule has 6 heteroatoms. The first kappa shape index (κ1) is 10.2. The normalized spacial score (nSPS) is 11.8. The molecular formula is C7H11FN2O2S. The molecule has 0 aliphatic rings. The van der Waals surface area contributed by atoms with E-state index >= 15 is 0 Å². The molecular weight excluding hydrogens is 195 g/mol. The van der Waals surface area contributed by atoms with Gasteiger partial charge in [-0.15, -0.1) is 0 Å². The molecule has 4 nitrogen and oxygen atoms in total. The minimum Gasteiger partial charge on any atom is -0.252 e. The van der Waals surface area contributed by atoms with Crippen LogP contribution >= 0.6 is 0 Å². The zero-order valence-electron chi connectivity index (χ0n) is 7.27. The number of hydrogen-bond donors (Lipinski definition) is 0. The molecule has 0 bridgehead atoms. The minimum absolute atomic E-state index is 0.360. The first-order chi connectivity index (χ1) is 6.05. The Morgan fingerprint density at radius 3 is 2.85 bits per heavy atom. The maximum Gasteiger partial charge on any atom is 0.349 e. The van der Waals surface area contributed by atoms with Crippen molar-refractivity contribution >= 4 is 10.2 Å². The van der Waals surface area contributed by atoms with Crippen LogP contribution in [0.15, 0.2) is 17.3 Å². The quantitative estimate of drug-likeness (QED) is 0.698. The van der Waals surface area contributed by atoms with Gasteiger partial charge in [-0.2, -0.15) is 13.5 Å². The van der Waals surface area contributed by atoms with Crippen molar-refractivity contribution in [2.75, 3.05) is 0 Å². The zero-order chi connectivity index (χ0) is 9.90. The molecule has 0 saturated heterocycles. The lowest BCUT2D eigenvalue weighted by atomic mass is 10.3. The lowest BCUT2D eigenvalue weighted by molar-refractivity contribution is 0.496. The van der Waals surface area contributed by atoms with Gasteiger partial charge in [0.05, 0.1) is 6.20 Å². The van der Waals surface area contributed by atoms with Gasteiger partial charge in [-0.25, -0.2) is 0 Å². The Labute approximate surface area is 76.6 Å². The summed E-state index contributed by atoms with van der Waals surface area (Å²) in [5.41, 5.74) is 0. The maximum atomic E-state index is 12.6. The zero-order valence-corrected chi connectivity index (χ0v) is 8.09. The first-order valence-electron chi connectivity index (χ1n) is 4.02. The monoisotopic (exact) mass is 206 g/mol. The van der Waals surface area contributed by atoms with E-state index in [1.54, 1.807) is 0 Å². The van der Waals surface area contributed by atoms with Crippen LogP contribution in [0.5, 0.6) is 0 Å². The van der Waals surface area contributed by atoms with Gasteiger partial charge in [-0.05, 0) is 12.5 Å². The number of aromatic nitrogens is 2. The predicted molar refractivity (Wildman–Crippen MR) is 45.4 cm³/mol. The van der Waals surface area contributed by atoms with E-state index in [2.05, 4.69) is 5.10 Å². The standard InChI is InChI=1S/C7H11FN2O2S/c1-2-3-6-10-7(4-5-9-10)13(8,11)12/h4-5H,2-3,6H2,1H3. The molecule has 0 aliphatic heterocycles. The fourth-order valence-electron chi connectivity index (χ4n) is 1.00. The third-order valence-corrected chi connectivity index (χ3v) is 2.50. The highest BCUT2D eigenvalue weighted by Crippen LogP contribution is 2.11. The molecule has 0 aliphatic carbocycles. The van der Waals surface area contributed by atoms with Gasteiger partial charge in [0.25, 0.3) is 0 Å². The van der Waals surface area contributed by atoms with Gasteiger partial charge >= 0.3 is 10.2 Å². The van der Waals surface area contributed by atoms with Crippen molar-refractivity contribution in [1.82, 2.24) is 9.78 Å². The van der Waals surface area contributed by atoms with Crippen LogP contribution in [-0.4, -0.2) is 18.2 Å². The molecule has 0 atom stereocenters. The van der Waals surface area contributed by atoms with E-state index in [9.17, 15) is 12.3 Å². The summed E-state index contributed by atoms with van der Waals surface area (Å²) in [6.07, 6.45) is 2.97. The Morgan fingerprint density at radius 1 is 1.62 bits per heavy atom. The summed E-state index contributed by atoms with van der Waals surface area (Å²) >= 11 is 0. The molecule has 1 rings (SSSR count). The molecule has 0 fully saturated rings. The molecule has 1 aromatic rings. The predicted octanol–water partition coefficient (Wildman–Crippen LogP) is 1.34. The van der Waals surface area contributed by atoms with Gasteiger partial charge in [-0.1, -0.05) is 17.2 Å². The molecule has 1 heterocycles. The summed E-state index contributed by atoms with van der Waals surface area (Å²) in [6.45, 7) is 2.40. The second kappa shape index (κ2) is 3.87. The topological polar surface area (TPSA) is 52.0 Å². The number of unbranched alkanes of at least 4 members (excludes halogenated alkanes) is 1. The average Bonchev–Trinajstić information content (AvgIpc) is 2.47. The maximum absolute atomic E-state index is 12.6. The first-order valence-corrected chi connectivity index (χ1v) is 5.40. The average molecular weight is 206 g/mol. The number of aryl methyl sites for hydroxylation is 1.